The minimum Gasteiger partial charge on any atom is -0.459 e. The number of aliphatic hydroxyl groups is 2. The van der Waals surface area contributed by atoms with Gasteiger partial charge in [0.05, 0.1) is 49.4 Å². The molecule has 2 saturated heterocycles. The number of carbonyl (C=O) groups is 2. The molecule has 12 unspecified atom stereocenters. The van der Waals surface area contributed by atoms with Gasteiger partial charge in [0, 0.05) is 13.5 Å². The lowest BCUT2D eigenvalue weighted by atomic mass is 9.48. The standard InChI is InChI=1S/C41H63NO9/c1-24-21-28(35(39(7,8)46)49-25(2)43)50-33-26(24)11-9-16-40-23-41(40)17-15-31(37(3,4)29(41)13-14-30(40)38(5,6)34(33)44)51-32-22-42(18-20-48-32)36(45)27-12-10-19-47-27/h10,12,19,24,26,28-35,44,46H,9,11,13-18,20-23H2,1-8H3. The number of hydrogen-bond donors (Lipinski definition) is 2. The van der Waals surface area contributed by atoms with E-state index in [4.69, 9.17) is 23.4 Å². The SMILES string of the molecule is CC(=O)OC(C1CC(C)C2CCCC34CC35CCC(OC3CN(C(=O)c6ccco6)CCO3)C(C)(C)C5CCC4C(C)(C)C(O)C2O1)C(C)(C)O. The lowest BCUT2D eigenvalue weighted by molar-refractivity contribution is -0.245. The van der Waals surface area contributed by atoms with Crippen molar-refractivity contribution in [3.63, 3.8) is 0 Å². The third-order valence-corrected chi connectivity index (χ3v) is 15.1. The van der Waals surface area contributed by atoms with Gasteiger partial charge in [-0.3, -0.25) is 9.59 Å². The van der Waals surface area contributed by atoms with E-state index in [0.717, 1.165) is 38.5 Å². The molecule has 0 bridgehead atoms. The van der Waals surface area contributed by atoms with Crippen LogP contribution in [-0.2, 0) is 23.7 Å². The minimum atomic E-state index is -1.28. The molecule has 10 heteroatoms. The van der Waals surface area contributed by atoms with Crippen molar-refractivity contribution < 1.29 is 43.2 Å². The van der Waals surface area contributed by atoms with Crippen LogP contribution in [0.2, 0.25) is 0 Å². The van der Waals surface area contributed by atoms with Crippen LogP contribution in [0, 0.1) is 45.3 Å². The summed E-state index contributed by atoms with van der Waals surface area (Å²) >= 11 is 0. The third kappa shape index (κ3) is 6.21. The summed E-state index contributed by atoms with van der Waals surface area (Å²) in [5.74, 6) is 1.06. The average Bonchev–Trinajstić information content (AvgIpc) is 3.38. The zero-order valence-corrected chi connectivity index (χ0v) is 32.2. The smallest absolute Gasteiger partial charge is 0.303 e. The fourth-order valence-corrected chi connectivity index (χ4v) is 12.7. The molecule has 6 fully saturated rings. The highest BCUT2D eigenvalue weighted by molar-refractivity contribution is 5.91. The van der Waals surface area contributed by atoms with Crippen molar-refractivity contribution in [2.45, 2.75) is 156 Å². The van der Waals surface area contributed by atoms with E-state index in [2.05, 4.69) is 34.6 Å². The molecule has 1 aromatic rings. The largest absolute Gasteiger partial charge is 0.459 e. The van der Waals surface area contributed by atoms with Crippen molar-refractivity contribution in [2.75, 3.05) is 19.7 Å². The maximum Gasteiger partial charge on any atom is 0.303 e. The zero-order valence-electron chi connectivity index (χ0n) is 32.2. The second-order valence-electron chi connectivity index (χ2n) is 19.0. The van der Waals surface area contributed by atoms with Crippen LogP contribution in [0.4, 0.5) is 0 Å². The van der Waals surface area contributed by atoms with Crippen molar-refractivity contribution in [3.8, 4) is 0 Å². The number of morpholine rings is 1. The number of rotatable bonds is 6. The molecule has 2 spiro atoms. The van der Waals surface area contributed by atoms with E-state index in [-0.39, 0.29) is 40.1 Å². The molecule has 1 aromatic heterocycles. The Morgan fingerprint density at radius 1 is 1.04 bits per heavy atom. The Morgan fingerprint density at radius 2 is 1.75 bits per heavy atom. The summed E-state index contributed by atoms with van der Waals surface area (Å²) < 4.78 is 30.8. The fraction of sp³-hybridized carbons (Fsp3) is 0.854. The summed E-state index contributed by atoms with van der Waals surface area (Å²) in [6.07, 6.45) is 8.02. The van der Waals surface area contributed by atoms with E-state index < -0.39 is 47.7 Å². The quantitative estimate of drug-likeness (QED) is 0.324. The van der Waals surface area contributed by atoms with Gasteiger partial charge in [-0.25, -0.2) is 0 Å². The normalized spacial score (nSPS) is 42.4. The van der Waals surface area contributed by atoms with Gasteiger partial charge < -0.3 is 38.5 Å². The summed E-state index contributed by atoms with van der Waals surface area (Å²) in [6.45, 7) is 17.6. The Balaban J connectivity index is 1.09. The lowest BCUT2D eigenvalue weighted by Gasteiger charge is -2.58. The monoisotopic (exact) mass is 713 g/mol. The number of amides is 1. The first-order valence-electron chi connectivity index (χ1n) is 19.8. The van der Waals surface area contributed by atoms with Gasteiger partial charge in [-0.2, -0.15) is 0 Å². The summed E-state index contributed by atoms with van der Waals surface area (Å²) in [7, 11) is 0. The molecule has 3 heterocycles. The predicted octanol–water partition coefficient (Wildman–Crippen LogP) is 6.37. The summed E-state index contributed by atoms with van der Waals surface area (Å²) in [5.41, 5.74) is -1.37. The van der Waals surface area contributed by atoms with Crippen LogP contribution in [0.5, 0.6) is 0 Å². The van der Waals surface area contributed by atoms with Crippen molar-refractivity contribution in [2.24, 2.45) is 45.3 Å². The lowest BCUT2D eigenvalue weighted by Crippen LogP contribution is -2.60. The molecule has 0 radical (unpaired) electrons. The first kappa shape index (κ1) is 37.3. The van der Waals surface area contributed by atoms with Crippen molar-refractivity contribution >= 4 is 11.9 Å². The van der Waals surface area contributed by atoms with Gasteiger partial charge >= 0.3 is 5.97 Å². The second-order valence-corrected chi connectivity index (χ2v) is 19.0. The molecular formula is C41H63NO9. The Morgan fingerprint density at radius 3 is 2.41 bits per heavy atom. The molecule has 286 valence electrons. The molecular weight excluding hydrogens is 650 g/mol. The van der Waals surface area contributed by atoms with E-state index in [0.29, 0.717) is 43.7 Å². The number of nitrogens with zero attached hydrogens (tertiary/aromatic N) is 1. The Labute approximate surface area is 304 Å². The van der Waals surface area contributed by atoms with Gasteiger partial charge in [-0.05, 0) is 123 Å². The number of furan rings is 1. The number of esters is 1. The van der Waals surface area contributed by atoms with Crippen LogP contribution < -0.4 is 0 Å². The summed E-state index contributed by atoms with van der Waals surface area (Å²) in [6, 6.07) is 3.44. The van der Waals surface area contributed by atoms with Gasteiger partial charge in [0.2, 0.25) is 0 Å². The second kappa shape index (κ2) is 13.1. The van der Waals surface area contributed by atoms with E-state index in [1.54, 1.807) is 30.9 Å². The molecule has 7 rings (SSSR count). The summed E-state index contributed by atoms with van der Waals surface area (Å²) in [5, 5.41) is 23.6. The Kier molecular flexibility index (Phi) is 9.59. The fourth-order valence-electron chi connectivity index (χ4n) is 12.7. The van der Waals surface area contributed by atoms with Gasteiger partial charge in [0.15, 0.2) is 18.2 Å². The first-order chi connectivity index (χ1) is 23.9. The molecule has 4 aliphatic carbocycles. The van der Waals surface area contributed by atoms with E-state index in [1.165, 1.54) is 26.0 Å². The average molecular weight is 714 g/mol. The van der Waals surface area contributed by atoms with Gasteiger partial charge in [0.25, 0.3) is 5.91 Å². The highest BCUT2D eigenvalue weighted by Crippen LogP contribution is 2.85. The first-order valence-corrected chi connectivity index (χ1v) is 19.8. The van der Waals surface area contributed by atoms with Crippen LogP contribution in [0.3, 0.4) is 0 Å². The molecule has 51 heavy (non-hydrogen) atoms. The van der Waals surface area contributed by atoms with E-state index >= 15 is 0 Å². The molecule has 1 amide bonds. The number of carbonyl (C=O) groups excluding carboxylic acids is 2. The number of fused-ring (bicyclic) bond motifs is 1. The summed E-state index contributed by atoms with van der Waals surface area (Å²) in [4.78, 5) is 26.9. The molecule has 12 atom stereocenters. The maximum absolute atomic E-state index is 13.0. The number of hydrogen-bond acceptors (Lipinski definition) is 9. The maximum atomic E-state index is 13.0. The van der Waals surface area contributed by atoms with Crippen LogP contribution in [0.25, 0.3) is 0 Å². The third-order valence-electron chi connectivity index (χ3n) is 15.1. The zero-order chi connectivity index (χ0) is 36.7. The van der Waals surface area contributed by atoms with Crippen LogP contribution >= 0.6 is 0 Å². The molecule has 2 aliphatic heterocycles. The van der Waals surface area contributed by atoms with Crippen molar-refractivity contribution in [3.05, 3.63) is 24.2 Å². The molecule has 10 nitrogen and oxygen atoms in total. The van der Waals surface area contributed by atoms with Crippen LogP contribution in [0.15, 0.2) is 22.8 Å². The predicted molar refractivity (Wildman–Crippen MR) is 189 cm³/mol. The van der Waals surface area contributed by atoms with Crippen molar-refractivity contribution in [1.82, 2.24) is 4.90 Å². The molecule has 2 N–H and O–H groups in total. The Bertz CT molecular complexity index is 1430. The molecule has 0 aromatic carbocycles. The molecule has 4 saturated carbocycles. The van der Waals surface area contributed by atoms with Gasteiger partial charge in [-0.15, -0.1) is 0 Å². The highest BCUT2D eigenvalue weighted by Gasteiger charge is 2.79. The van der Waals surface area contributed by atoms with E-state index in [9.17, 15) is 19.8 Å². The topological polar surface area (TPSA) is 128 Å². The van der Waals surface area contributed by atoms with E-state index in [1.807, 2.05) is 0 Å². The van der Waals surface area contributed by atoms with Crippen molar-refractivity contribution in [1.29, 1.82) is 0 Å². The number of aliphatic hydroxyl groups excluding tert-OH is 1. The van der Waals surface area contributed by atoms with Crippen LogP contribution in [0.1, 0.15) is 124 Å². The minimum absolute atomic E-state index is 0.0240. The molecule has 6 aliphatic rings. The Hall–Kier alpha value is -1.98. The van der Waals surface area contributed by atoms with Gasteiger partial charge in [0.1, 0.15) is 0 Å². The van der Waals surface area contributed by atoms with Crippen LogP contribution in [-0.4, -0.2) is 89.1 Å². The van der Waals surface area contributed by atoms with Gasteiger partial charge in [-0.1, -0.05) is 41.0 Å². The number of ether oxygens (including phenoxy) is 4. The highest BCUT2D eigenvalue weighted by atomic mass is 16.7.